The normalized spacial score (nSPS) is 22.0. The van der Waals surface area contributed by atoms with Crippen LogP contribution in [-0.2, 0) is 4.79 Å². The SMILES string of the molecule is CCCNC(=O)CN1CCCC(NCC)C1. The first kappa shape index (κ1) is 13.5. The van der Waals surface area contributed by atoms with Crippen LogP contribution < -0.4 is 10.6 Å². The minimum absolute atomic E-state index is 0.166. The first-order valence-electron chi connectivity index (χ1n) is 6.48. The molecule has 1 rings (SSSR count). The molecule has 1 aliphatic rings. The molecular formula is C12H25N3O. The van der Waals surface area contributed by atoms with Gasteiger partial charge >= 0.3 is 0 Å². The molecule has 0 aliphatic carbocycles. The van der Waals surface area contributed by atoms with Gasteiger partial charge in [-0.15, -0.1) is 0 Å². The average molecular weight is 227 g/mol. The van der Waals surface area contributed by atoms with E-state index in [1.165, 1.54) is 12.8 Å². The number of nitrogens with zero attached hydrogens (tertiary/aromatic N) is 1. The molecule has 94 valence electrons. The molecule has 0 aromatic carbocycles. The maximum atomic E-state index is 11.6. The van der Waals surface area contributed by atoms with Crippen molar-refractivity contribution < 1.29 is 4.79 Å². The van der Waals surface area contributed by atoms with Gasteiger partial charge in [0.05, 0.1) is 6.54 Å². The van der Waals surface area contributed by atoms with Crippen LogP contribution in [-0.4, -0.2) is 49.6 Å². The Balaban J connectivity index is 2.22. The smallest absolute Gasteiger partial charge is 0.234 e. The van der Waals surface area contributed by atoms with Gasteiger partial charge in [0, 0.05) is 19.1 Å². The predicted octanol–water partition coefficient (Wildman–Crippen LogP) is 0.587. The summed E-state index contributed by atoms with van der Waals surface area (Å²) in [7, 11) is 0. The summed E-state index contributed by atoms with van der Waals surface area (Å²) in [4.78, 5) is 13.8. The summed E-state index contributed by atoms with van der Waals surface area (Å²) in [5.74, 6) is 0.166. The highest BCUT2D eigenvalue weighted by Crippen LogP contribution is 2.09. The standard InChI is InChI=1S/C12H25N3O/c1-3-7-14-12(16)10-15-8-5-6-11(9-15)13-4-2/h11,13H,3-10H2,1-2H3,(H,14,16). The van der Waals surface area contributed by atoms with Crippen molar-refractivity contribution in [2.45, 2.75) is 39.2 Å². The van der Waals surface area contributed by atoms with Crippen molar-refractivity contribution in [2.24, 2.45) is 0 Å². The molecule has 2 N–H and O–H groups in total. The molecule has 0 aromatic heterocycles. The topological polar surface area (TPSA) is 44.4 Å². The highest BCUT2D eigenvalue weighted by Gasteiger charge is 2.20. The number of piperidine rings is 1. The fourth-order valence-electron chi connectivity index (χ4n) is 2.18. The molecule has 1 saturated heterocycles. The van der Waals surface area contributed by atoms with Crippen LogP contribution in [0.15, 0.2) is 0 Å². The number of rotatable bonds is 6. The number of amides is 1. The van der Waals surface area contributed by atoms with Gasteiger partial charge < -0.3 is 10.6 Å². The van der Waals surface area contributed by atoms with Crippen molar-refractivity contribution in [3.05, 3.63) is 0 Å². The Kier molecular flexibility index (Phi) is 6.42. The minimum Gasteiger partial charge on any atom is -0.355 e. The third-order valence-electron chi connectivity index (χ3n) is 2.94. The Bertz CT molecular complexity index is 206. The highest BCUT2D eigenvalue weighted by molar-refractivity contribution is 5.77. The van der Waals surface area contributed by atoms with E-state index in [0.29, 0.717) is 12.6 Å². The molecule has 4 nitrogen and oxygen atoms in total. The zero-order chi connectivity index (χ0) is 11.8. The lowest BCUT2D eigenvalue weighted by molar-refractivity contribution is -0.122. The van der Waals surface area contributed by atoms with Crippen LogP contribution in [0.1, 0.15) is 33.1 Å². The molecule has 1 fully saturated rings. The van der Waals surface area contributed by atoms with E-state index in [4.69, 9.17) is 0 Å². The zero-order valence-electron chi connectivity index (χ0n) is 10.6. The van der Waals surface area contributed by atoms with Crippen molar-refractivity contribution >= 4 is 5.91 Å². The number of carbonyl (C=O) groups excluding carboxylic acids is 1. The molecule has 1 heterocycles. The number of likely N-dealkylation sites (tertiary alicyclic amines) is 1. The Morgan fingerprint density at radius 2 is 2.25 bits per heavy atom. The first-order chi connectivity index (χ1) is 7.76. The fourth-order valence-corrected chi connectivity index (χ4v) is 2.18. The lowest BCUT2D eigenvalue weighted by Gasteiger charge is -2.32. The van der Waals surface area contributed by atoms with Crippen LogP contribution in [0.5, 0.6) is 0 Å². The molecule has 1 unspecified atom stereocenters. The van der Waals surface area contributed by atoms with E-state index in [-0.39, 0.29) is 5.91 Å². The van der Waals surface area contributed by atoms with Gasteiger partial charge in [0.25, 0.3) is 0 Å². The number of likely N-dealkylation sites (N-methyl/N-ethyl adjacent to an activating group) is 1. The summed E-state index contributed by atoms with van der Waals surface area (Å²) < 4.78 is 0. The van der Waals surface area contributed by atoms with E-state index >= 15 is 0 Å². The van der Waals surface area contributed by atoms with Gasteiger partial charge in [0.2, 0.25) is 5.91 Å². The molecule has 1 amide bonds. The van der Waals surface area contributed by atoms with Crippen molar-refractivity contribution in [3.63, 3.8) is 0 Å². The monoisotopic (exact) mass is 227 g/mol. The van der Waals surface area contributed by atoms with Gasteiger partial charge in [-0.25, -0.2) is 0 Å². The lowest BCUT2D eigenvalue weighted by Crippen LogP contribution is -2.48. The highest BCUT2D eigenvalue weighted by atomic mass is 16.2. The first-order valence-corrected chi connectivity index (χ1v) is 6.48. The maximum absolute atomic E-state index is 11.6. The van der Waals surface area contributed by atoms with E-state index in [1.807, 2.05) is 0 Å². The van der Waals surface area contributed by atoms with Gasteiger partial charge in [-0.3, -0.25) is 9.69 Å². The molecular weight excluding hydrogens is 202 g/mol. The summed E-state index contributed by atoms with van der Waals surface area (Å²) in [5.41, 5.74) is 0. The number of nitrogens with one attached hydrogen (secondary N) is 2. The second-order valence-corrected chi connectivity index (χ2v) is 4.48. The molecule has 4 heteroatoms. The van der Waals surface area contributed by atoms with Crippen molar-refractivity contribution in [2.75, 3.05) is 32.7 Å². The van der Waals surface area contributed by atoms with Gasteiger partial charge in [0.15, 0.2) is 0 Å². The summed E-state index contributed by atoms with van der Waals surface area (Å²) >= 11 is 0. The Morgan fingerprint density at radius 1 is 1.44 bits per heavy atom. The lowest BCUT2D eigenvalue weighted by atomic mass is 10.1. The fraction of sp³-hybridized carbons (Fsp3) is 0.917. The molecule has 0 spiro atoms. The predicted molar refractivity (Wildman–Crippen MR) is 66.4 cm³/mol. The Hall–Kier alpha value is -0.610. The van der Waals surface area contributed by atoms with Crippen LogP contribution in [0.3, 0.4) is 0 Å². The number of hydrogen-bond acceptors (Lipinski definition) is 3. The summed E-state index contributed by atoms with van der Waals surface area (Å²) in [6.07, 6.45) is 3.44. The molecule has 0 saturated carbocycles. The third-order valence-corrected chi connectivity index (χ3v) is 2.94. The molecule has 1 atom stereocenters. The second-order valence-electron chi connectivity index (χ2n) is 4.48. The average Bonchev–Trinajstić information content (AvgIpc) is 2.27. The molecule has 0 radical (unpaired) electrons. The summed E-state index contributed by atoms with van der Waals surface area (Å²) in [6.45, 7) is 8.63. The van der Waals surface area contributed by atoms with E-state index in [9.17, 15) is 4.79 Å². The minimum atomic E-state index is 0.166. The number of carbonyl (C=O) groups is 1. The largest absolute Gasteiger partial charge is 0.355 e. The summed E-state index contributed by atoms with van der Waals surface area (Å²) in [5, 5.41) is 6.38. The maximum Gasteiger partial charge on any atom is 0.234 e. The van der Waals surface area contributed by atoms with Crippen molar-refractivity contribution in [3.8, 4) is 0 Å². The summed E-state index contributed by atoms with van der Waals surface area (Å²) in [6, 6.07) is 0.567. The Labute approximate surface area is 98.8 Å². The molecule has 1 aliphatic heterocycles. The van der Waals surface area contributed by atoms with Crippen LogP contribution >= 0.6 is 0 Å². The molecule has 16 heavy (non-hydrogen) atoms. The van der Waals surface area contributed by atoms with Crippen LogP contribution in [0.2, 0.25) is 0 Å². The van der Waals surface area contributed by atoms with Crippen LogP contribution in [0.4, 0.5) is 0 Å². The van der Waals surface area contributed by atoms with E-state index < -0.39 is 0 Å². The van der Waals surface area contributed by atoms with Gasteiger partial charge in [-0.05, 0) is 32.4 Å². The van der Waals surface area contributed by atoms with E-state index in [1.54, 1.807) is 0 Å². The van der Waals surface area contributed by atoms with E-state index in [2.05, 4.69) is 29.4 Å². The van der Waals surface area contributed by atoms with Crippen LogP contribution in [0.25, 0.3) is 0 Å². The van der Waals surface area contributed by atoms with Gasteiger partial charge in [-0.2, -0.15) is 0 Å². The zero-order valence-corrected chi connectivity index (χ0v) is 10.6. The number of hydrogen-bond donors (Lipinski definition) is 2. The second kappa shape index (κ2) is 7.63. The van der Waals surface area contributed by atoms with Crippen molar-refractivity contribution in [1.29, 1.82) is 0 Å². The quantitative estimate of drug-likeness (QED) is 0.698. The third kappa shape index (κ3) is 4.94. The van der Waals surface area contributed by atoms with Gasteiger partial charge in [-0.1, -0.05) is 13.8 Å². The van der Waals surface area contributed by atoms with E-state index in [0.717, 1.165) is 32.6 Å². The van der Waals surface area contributed by atoms with Crippen LogP contribution in [0, 0.1) is 0 Å². The van der Waals surface area contributed by atoms with Crippen molar-refractivity contribution in [1.82, 2.24) is 15.5 Å². The molecule has 0 bridgehead atoms. The molecule has 0 aromatic rings. The van der Waals surface area contributed by atoms with Gasteiger partial charge in [0.1, 0.15) is 0 Å². The Morgan fingerprint density at radius 3 is 2.94 bits per heavy atom.